The number of rotatable bonds is 10. The van der Waals surface area contributed by atoms with Crippen molar-refractivity contribution in [1.82, 2.24) is 14.8 Å². The highest BCUT2D eigenvalue weighted by Crippen LogP contribution is 2.38. The number of aromatic nitrogens is 1. The fourth-order valence-electron chi connectivity index (χ4n) is 6.06. The van der Waals surface area contributed by atoms with Crippen LogP contribution in [0.1, 0.15) is 68.1 Å². The molecule has 6 N–H and O–H groups in total. The van der Waals surface area contributed by atoms with E-state index in [9.17, 15) is 14.4 Å². The second-order valence-corrected chi connectivity index (χ2v) is 12.0. The summed E-state index contributed by atoms with van der Waals surface area (Å²) in [4.78, 5) is 52.8. The molecule has 1 unspecified atom stereocenters. The smallest absolute Gasteiger partial charge is 0.245 e. The van der Waals surface area contributed by atoms with Gasteiger partial charge in [-0.3, -0.25) is 19.4 Å². The molecule has 212 valence electrons. The number of hydrogen-bond acceptors (Lipinski definition) is 7. The van der Waals surface area contributed by atoms with Crippen LogP contribution < -0.4 is 17.2 Å². The summed E-state index contributed by atoms with van der Waals surface area (Å²) in [6.45, 7) is 2.54. The number of benzene rings is 1. The third kappa shape index (κ3) is 6.75. The van der Waals surface area contributed by atoms with Crippen molar-refractivity contribution in [2.24, 2.45) is 34.0 Å². The Kier molecular flexibility index (Phi) is 9.55. The van der Waals surface area contributed by atoms with E-state index in [0.29, 0.717) is 43.3 Å². The lowest BCUT2D eigenvalue weighted by Crippen LogP contribution is -2.54. The maximum absolute atomic E-state index is 14.1. The third-order valence-corrected chi connectivity index (χ3v) is 9.21. The number of carbonyl (C=O) groups excluding carboxylic acids is 3. The van der Waals surface area contributed by atoms with Crippen molar-refractivity contribution in [3.8, 4) is 0 Å². The Morgan fingerprint density at radius 3 is 2.54 bits per heavy atom. The van der Waals surface area contributed by atoms with Crippen LogP contribution in [0.4, 0.5) is 0 Å². The van der Waals surface area contributed by atoms with Gasteiger partial charge in [0.2, 0.25) is 17.6 Å². The molecule has 2 fully saturated rings. The van der Waals surface area contributed by atoms with Crippen molar-refractivity contribution in [2.45, 2.75) is 76.4 Å². The van der Waals surface area contributed by atoms with Gasteiger partial charge in [0.25, 0.3) is 0 Å². The Hall–Kier alpha value is -3.05. The topological polar surface area (TPSA) is 161 Å². The number of nitrogens with two attached hydrogens (primary N) is 3. The quantitative estimate of drug-likeness (QED) is 0.176. The summed E-state index contributed by atoms with van der Waals surface area (Å²) >= 11 is 1.32. The van der Waals surface area contributed by atoms with E-state index in [2.05, 4.69) is 9.98 Å². The Balaban J connectivity index is 1.58. The van der Waals surface area contributed by atoms with Crippen LogP contribution in [0.2, 0.25) is 0 Å². The predicted octanol–water partition coefficient (Wildman–Crippen LogP) is 2.50. The zero-order valence-electron chi connectivity index (χ0n) is 22.9. The van der Waals surface area contributed by atoms with Gasteiger partial charge < -0.3 is 27.0 Å². The Morgan fingerprint density at radius 2 is 1.87 bits per heavy atom. The molecule has 2 aliphatic rings. The molecule has 1 aliphatic heterocycles. The molecule has 0 bridgehead atoms. The minimum Gasteiger partial charge on any atom is -0.370 e. The van der Waals surface area contributed by atoms with E-state index in [1.165, 1.54) is 35.5 Å². The van der Waals surface area contributed by atoms with E-state index in [1.807, 2.05) is 24.3 Å². The molecule has 2 amide bonds. The molecule has 11 heteroatoms. The highest BCUT2D eigenvalue weighted by molar-refractivity contribution is 7.20. The lowest BCUT2D eigenvalue weighted by atomic mass is 9.79. The van der Waals surface area contributed by atoms with Gasteiger partial charge in [0, 0.05) is 20.1 Å². The van der Waals surface area contributed by atoms with Crippen LogP contribution in [0, 0.1) is 11.8 Å². The van der Waals surface area contributed by atoms with Crippen LogP contribution in [-0.4, -0.2) is 76.6 Å². The summed E-state index contributed by atoms with van der Waals surface area (Å²) in [5, 5.41) is 0.359. The number of Topliss-reactive ketones (excluding diaryl/α,β-unsaturated/α-hetero) is 1. The molecule has 2 aromatic rings. The zero-order valence-corrected chi connectivity index (χ0v) is 23.7. The monoisotopic (exact) mass is 555 g/mol. The summed E-state index contributed by atoms with van der Waals surface area (Å²) in [6.07, 6.45) is 7.36. The number of fused-ring (bicyclic) bond motifs is 1. The number of hydrogen-bond donors (Lipinski definition) is 3. The zero-order chi connectivity index (χ0) is 28.1. The number of para-hydroxylation sites is 1. The first-order valence-corrected chi connectivity index (χ1v) is 14.8. The van der Waals surface area contributed by atoms with Crippen LogP contribution in [0.25, 0.3) is 10.2 Å². The molecule has 2 heterocycles. The van der Waals surface area contributed by atoms with Crippen LogP contribution in [0.5, 0.6) is 0 Å². The lowest BCUT2D eigenvalue weighted by Gasteiger charge is -2.32. The van der Waals surface area contributed by atoms with Gasteiger partial charge in [0.05, 0.1) is 22.3 Å². The van der Waals surface area contributed by atoms with E-state index in [-0.39, 0.29) is 29.5 Å². The number of guanidine groups is 1. The summed E-state index contributed by atoms with van der Waals surface area (Å²) < 4.78 is 0.911. The highest BCUT2D eigenvalue weighted by Gasteiger charge is 2.45. The number of nitrogens with zero attached hydrogens (tertiary/aromatic N) is 4. The standard InChI is InChI=1S/C28H41N7O3S/c1-17(29)26(37)35-16-19(18-9-4-3-5-10-18)15-22(35)27(38)34(2)21(12-8-14-32-28(30)31)24(36)25-33-20-11-6-7-13-23(20)39-25/h6-7,11,13,17-19,21-22H,3-5,8-10,12,14-16,29H2,1-2H3,(H4,30,31,32)/t17-,19?,21-,22-/m0/s1. The van der Waals surface area contributed by atoms with E-state index in [1.54, 1.807) is 18.9 Å². The Labute approximate surface area is 234 Å². The summed E-state index contributed by atoms with van der Waals surface area (Å²) in [6, 6.07) is 5.49. The average Bonchev–Trinajstić information content (AvgIpc) is 3.57. The molecule has 0 spiro atoms. The minimum atomic E-state index is -0.756. The third-order valence-electron chi connectivity index (χ3n) is 8.16. The minimum absolute atomic E-state index is 0.0155. The number of likely N-dealkylation sites (N-methyl/N-ethyl adjacent to an activating group) is 1. The van der Waals surface area contributed by atoms with Crippen LogP contribution in [0.3, 0.4) is 0 Å². The van der Waals surface area contributed by atoms with Crippen molar-refractivity contribution in [3.05, 3.63) is 29.3 Å². The van der Waals surface area contributed by atoms with Gasteiger partial charge in [-0.1, -0.05) is 44.2 Å². The molecular weight excluding hydrogens is 514 g/mol. The van der Waals surface area contributed by atoms with Crippen LogP contribution in [-0.2, 0) is 9.59 Å². The van der Waals surface area contributed by atoms with Crippen LogP contribution in [0.15, 0.2) is 29.3 Å². The van der Waals surface area contributed by atoms with Gasteiger partial charge in [0.15, 0.2) is 11.0 Å². The first kappa shape index (κ1) is 28.9. The first-order valence-electron chi connectivity index (χ1n) is 13.9. The normalized spacial score (nSPS) is 21.5. The molecule has 1 saturated carbocycles. The summed E-state index contributed by atoms with van der Waals surface area (Å²) in [5.41, 5.74) is 17.7. The van der Waals surface area contributed by atoms with Crippen molar-refractivity contribution >= 4 is 45.1 Å². The second kappa shape index (κ2) is 12.9. The number of carbonyl (C=O) groups is 3. The van der Waals surface area contributed by atoms with Gasteiger partial charge >= 0.3 is 0 Å². The highest BCUT2D eigenvalue weighted by atomic mass is 32.1. The number of amides is 2. The molecule has 1 aromatic heterocycles. The Morgan fingerprint density at radius 1 is 1.15 bits per heavy atom. The van der Waals surface area contributed by atoms with Crippen LogP contribution >= 0.6 is 11.3 Å². The lowest BCUT2D eigenvalue weighted by molar-refractivity contribution is -0.144. The molecule has 1 saturated heterocycles. The second-order valence-electron chi connectivity index (χ2n) is 11.0. The fraction of sp³-hybridized carbons (Fsp3) is 0.607. The molecule has 0 radical (unpaired) electrons. The number of likely N-dealkylation sites (tertiary alicyclic amines) is 1. The molecule has 39 heavy (non-hydrogen) atoms. The maximum atomic E-state index is 14.1. The number of ketones is 1. The maximum Gasteiger partial charge on any atom is 0.245 e. The molecule has 4 rings (SSSR count). The predicted molar refractivity (Wildman–Crippen MR) is 154 cm³/mol. The van der Waals surface area contributed by atoms with Crippen molar-refractivity contribution < 1.29 is 14.4 Å². The van der Waals surface area contributed by atoms with E-state index in [4.69, 9.17) is 17.2 Å². The summed E-state index contributed by atoms with van der Waals surface area (Å²) in [7, 11) is 1.65. The van der Waals surface area contributed by atoms with Crippen molar-refractivity contribution in [1.29, 1.82) is 0 Å². The largest absolute Gasteiger partial charge is 0.370 e. The van der Waals surface area contributed by atoms with Gasteiger partial charge in [-0.15, -0.1) is 11.3 Å². The van der Waals surface area contributed by atoms with Crippen molar-refractivity contribution in [2.75, 3.05) is 20.1 Å². The van der Waals surface area contributed by atoms with Gasteiger partial charge in [-0.25, -0.2) is 4.98 Å². The Bertz CT molecular complexity index is 1170. The van der Waals surface area contributed by atoms with Gasteiger partial charge in [-0.05, 0) is 50.2 Å². The van der Waals surface area contributed by atoms with Gasteiger partial charge in [-0.2, -0.15) is 0 Å². The molecule has 4 atom stereocenters. The number of thiazole rings is 1. The SMILES string of the molecule is C[C@H](N)C(=O)N1CC(C2CCCCC2)C[C@H]1C(=O)N(C)[C@@H](CCCN=C(N)N)C(=O)c1nc2ccccc2s1. The molecule has 10 nitrogen and oxygen atoms in total. The number of aliphatic imine (C=N–C) groups is 1. The molecule has 1 aromatic carbocycles. The average molecular weight is 556 g/mol. The summed E-state index contributed by atoms with van der Waals surface area (Å²) in [5.74, 6) is 0.0769. The molecular formula is C28H41N7O3S. The van der Waals surface area contributed by atoms with Gasteiger partial charge in [0.1, 0.15) is 6.04 Å². The van der Waals surface area contributed by atoms with E-state index >= 15 is 0 Å². The molecule has 1 aliphatic carbocycles. The first-order chi connectivity index (χ1) is 18.7. The van der Waals surface area contributed by atoms with Crippen molar-refractivity contribution in [3.63, 3.8) is 0 Å². The fourth-order valence-corrected chi connectivity index (χ4v) is 7.01. The van der Waals surface area contributed by atoms with E-state index < -0.39 is 18.1 Å². The van der Waals surface area contributed by atoms with E-state index in [0.717, 1.165) is 23.1 Å².